The third kappa shape index (κ3) is 4.55. The molecule has 4 rings (SSSR count). The second-order valence-electron chi connectivity index (χ2n) is 8.18. The fraction of sp³-hybridized carbons (Fsp3) is 0.636. The van der Waals surface area contributed by atoms with Crippen molar-refractivity contribution in [3.63, 3.8) is 0 Å². The number of morpholine rings is 1. The van der Waals surface area contributed by atoms with Gasteiger partial charge in [0, 0.05) is 44.2 Å². The number of hydrogen-bond donors (Lipinski definition) is 0. The van der Waals surface area contributed by atoms with E-state index in [1.807, 2.05) is 21.9 Å². The smallest absolute Gasteiger partial charge is 0.253 e. The minimum absolute atomic E-state index is 0.159. The second kappa shape index (κ2) is 9.05. The molecular formula is C22H31N3O3. The number of rotatable bonds is 4. The molecule has 0 atom stereocenters. The van der Waals surface area contributed by atoms with Gasteiger partial charge in [-0.05, 0) is 56.5 Å². The van der Waals surface area contributed by atoms with Gasteiger partial charge in [-0.25, -0.2) is 0 Å². The van der Waals surface area contributed by atoms with Crippen molar-refractivity contribution in [1.82, 2.24) is 14.7 Å². The number of benzene rings is 1. The molecule has 1 aromatic rings. The van der Waals surface area contributed by atoms with Gasteiger partial charge in [0.25, 0.3) is 5.91 Å². The fourth-order valence-corrected chi connectivity index (χ4v) is 4.49. The van der Waals surface area contributed by atoms with Crippen molar-refractivity contribution >= 4 is 11.8 Å². The monoisotopic (exact) mass is 385 g/mol. The quantitative estimate of drug-likeness (QED) is 0.796. The molecule has 3 heterocycles. The molecule has 3 fully saturated rings. The van der Waals surface area contributed by atoms with Crippen LogP contribution in [-0.4, -0.2) is 79.0 Å². The zero-order valence-corrected chi connectivity index (χ0v) is 16.6. The Morgan fingerprint density at radius 2 is 1.50 bits per heavy atom. The van der Waals surface area contributed by atoms with E-state index in [1.165, 1.54) is 5.56 Å². The molecule has 28 heavy (non-hydrogen) atoms. The Labute approximate surface area is 167 Å². The molecule has 1 aromatic carbocycles. The molecule has 3 aliphatic heterocycles. The molecule has 0 aliphatic carbocycles. The van der Waals surface area contributed by atoms with Gasteiger partial charge in [0.05, 0.1) is 13.2 Å². The molecule has 0 N–H and O–H groups in total. The number of carbonyl (C=O) groups is 2. The number of hydrogen-bond acceptors (Lipinski definition) is 4. The van der Waals surface area contributed by atoms with Gasteiger partial charge in [-0.2, -0.15) is 0 Å². The summed E-state index contributed by atoms with van der Waals surface area (Å²) in [5.41, 5.74) is 2.02. The maximum Gasteiger partial charge on any atom is 0.253 e. The molecule has 0 aromatic heterocycles. The van der Waals surface area contributed by atoms with E-state index < -0.39 is 0 Å². The van der Waals surface area contributed by atoms with E-state index in [0.29, 0.717) is 19.1 Å². The third-order valence-corrected chi connectivity index (χ3v) is 6.26. The van der Waals surface area contributed by atoms with E-state index >= 15 is 0 Å². The first kappa shape index (κ1) is 19.4. The van der Waals surface area contributed by atoms with E-state index in [0.717, 1.165) is 77.1 Å². The Hall–Kier alpha value is -1.92. The molecular weight excluding hydrogens is 354 g/mol. The van der Waals surface area contributed by atoms with Crippen molar-refractivity contribution in [3.05, 3.63) is 35.4 Å². The minimum Gasteiger partial charge on any atom is -0.378 e. The van der Waals surface area contributed by atoms with Crippen LogP contribution in [0.25, 0.3) is 0 Å². The van der Waals surface area contributed by atoms with Gasteiger partial charge >= 0.3 is 0 Å². The first-order chi connectivity index (χ1) is 13.7. The first-order valence-corrected chi connectivity index (χ1v) is 10.7. The maximum absolute atomic E-state index is 12.6. The molecule has 3 aliphatic rings. The van der Waals surface area contributed by atoms with Crippen LogP contribution in [0.4, 0.5) is 0 Å². The van der Waals surface area contributed by atoms with E-state index in [1.54, 1.807) is 0 Å². The molecule has 6 heteroatoms. The lowest BCUT2D eigenvalue weighted by atomic mass is 9.94. The van der Waals surface area contributed by atoms with Crippen LogP contribution < -0.4 is 0 Å². The van der Waals surface area contributed by atoms with Crippen molar-refractivity contribution in [2.75, 3.05) is 52.5 Å². The van der Waals surface area contributed by atoms with Gasteiger partial charge in [0.1, 0.15) is 0 Å². The van der Waals surface area contributed by atoms with Gasteiger partial charge < -0.3 is 14.5 Å². The summed E-state index contributed by atoms with van der Waals surface area (Å²) in [7, 11) is 0. The van der Waals surface area contributed by atoms with E-state index in [2.05, 4.69) is 17.0 Å². The normalized spacial score (nSPS) is 21.9. The third-order valence-electron chi connectivity index (χ3n) is 6.26. The minimum atomic E-state index is 0.159. The van der Waals surface area contributed by atoms with Gasteiger partial charge in [-0.1, -0.05) is 12.1 Å². The predicted octanol–water partition coefficient (Wildman–Crippen LogP) is 1.99. The molecule has 2 amide bonds. The highest BCUT2D eigenvalue weighted by Gasteiger charge is 2.29. The van der Waals surface area contributed by atoms with E-state index in [-0.39, 0.29) is 11.8 Å². The second-order valence-corrected chi connectivity index (χ2v) is 8.18. The molecule has 0 saturated carbocycles. The highest BCUT2D eigenvalue weighted by Crippen LogP contribution is 2.22. The molecule has 0 radical (unpaired) electrons. The molecule has 3 saturated heterocycles. The van der Waals surface area contributed by atoms with Crippen LogP contribution in [0.1, 0.15) is 41.6 Å². The number of likely N-dealkylation sites (tertiary alicyclic amines) is 2. The number of piperidine rings is 1. The summed E-state index contributed by atoms with van der Waals surface area (Å²) in [6.07, 6.45) is 4.10. The number of amides is 2. The summed E-state index contributed by atoms with van der Waals surface area (Å²) in [5.74, 6) is 0.633. The van der Waals surface area contributed by atoms with Crippen molar-refractivity contribution < 1.29 is 14.3 Å². The Kier molecular flexibility index (Phi) is 6.27. The summed E-state index contributed by atoms with van der Waals surface area (Å²) < 4.78 is 5.35. The highest BCUT2D eigenvalue weighted by atomic mass is 16.5. The van der Waals surface area contributed by atoms with Crippen molar-refractivity contribution in [2.24, 2.45) is 5.92 Å². The summed E-state index contributed by atoms with van der Waals surface area (Å²) in [4.78, 5) is 31.4. The lowest BCUT2D eigenvalue weighted by Crippen LogP contribution is -2.46. The Bertz CT molecular complexity index is 671. The maximum atomic E-state index is 12.6. The number of ether oxygens (including phenoxy) is 1. The average Bonchev–Trinajstić information content (AvgIpc) is 3.29. The van der Waals surface area contributed by atoms with Crippen LogP contribution in [0.2, 0.25) is 0 Å². The van der Waals surface area contributed by atoms with Crippen LogP contribution in [0.3, 0.4) is 0 Å². The Morgan fingerprint density at radius 1 is 0.857 bits per heavy atom. The molecule has 0 spiro atoms. The lowest BCUT2D eigenvalue weighted by molar-refractivity contribution is -0.141. The van der Waals surface area contributed by atoms with Gasteiger partial charge in [-0.3, -0.25) is 14.5 Å². The van der Waals surface area contributed by atoms with Crippen LogP contribution in [0, 0.1) is 5.92 Å². The van der Waals surface area contributed by atoms with Gasteiger partial charge in [0.2, 0.25) is 5.91 Å². The molecule has 0 unspecified atom stereocenters. The Balaban J connectivity index is 1.25. The van der Waals surface area contributed by atoms with Crippen LogP contribution >= 0.6 is 0 Å². The SMILES string of the molecule is O=C(c1ccc(CN2CCC(C(=O)N3CCOCC3)CC2)cc1)N1CCCC1. The summed E-state index contributed by atoms with van der Waals surface area (Å²) in [6, 6.07) is 8.08. The van der Waals surface area contributed by atoms with Crippen molar-refractivity contribution in [1.29, 1.82) is 0 Å². The van der Waals surface area contributed by atoms with Crippen LogP contribution in [0.5, 0.6) is 0 Å². The Morgan fingerprint density at radius 3 is 2.14 bits per heavy atom. The topological polar surface area (TPSA) is 53.1 Å². The van der Waals surface area contributed by atoms with E-state index in [9.17, 15) is 9.59 Å². The average molecular weight is 386 g/mol. The standard InChI is InChI=1S/C22H31N3O3/c26-21(24-9-1-2-10-24)19-5-3-18(4-6-19)17-23-11-7-20(8-12-23)22(27)25-13-15-28-16-14-25/h3-6,20H,1-2,7-17H2. The zero-order chi connectivity index (χ0) is 19.3. The van der Waals surface area contributed by atoms with Crippen molar-refractivity contribution in [2.45, 2.75) is 32.2 Å². The summed E-state index contributed by atoms with van der Waals surface area (Å²) >= 11 is 0. The zero-order valence-electron chi connectivity index (χ0n) is 16.6. The molecule has 6 nitrogen and oxygen atoms in total. The summed E-state index contributed by atoms with van der Waals surface area (Å²) in [6.45, 7) is 7.38. The number of nitrogens with zero attached hydrogens (tertiary/aromatic N) is 3. The van der Waals surface area contributed by atoms with Crippen LogP contribution in [-0.2, 0) is 16.1 Å². The molecule has 152 valence electrons. The summed E-state index contributed by atoms with van der Waals surface area (Å²) in [5, 5.41) is 0. The van der Waals surface area contributed by atoms with Gasteiger partial charge in [-0.15, -0.1) is 0 Å². The van der Waals surface area contributed by atoms with Crippen LogP contribution in [0.15, 0.2) is 24.3 Å². The highest BCUT2D eigenvalue weighted by molar-refractivity contribution is 5.94. The number of carbonyl (C=O) groups excluding carboxylic acids is 2. The first-order valence-electron chi connectivity index (χ1n) is 10.7. The van der Waals surface area contributed by atoms with E-state index in [4.69, 9.17) is 4.74 Å². The van der Waals surface area contributed by atoms with Gasteiger partial charge in [0.15, 0.2) is 0 Å². The largest absolute Gasteiger partial charge is 0.378 e. The predicted molar refractivity (Wildman–Crippen MR) is 107 cm³/mol. The van der Waals surface area contributed by atoms with Crippen molar-refractivity contribution in [3.8, 4) is 0 Å². The lowest BCUT2D eigenvalue weighted by Gasteiger charge is -2.35. The molecule has 0 bridgehead atoms. The fourth-order valence-electron chi connectivity index (χ4n) is 4.49.